The number of likely N-dealkylation sites (tertiary alicyclic amines) is 1. The highest BCUT2D eigenvalue weighted by Gasteiger charge is 2.52. The summed E-state index contributed by atoms with van der Waals surface area (Å²) < 4.78 is 5.52. The van der Waals surface area contributed by atoms with Crippen molar-refractivity contribution in [1.29, 1.82) is 0 Å². The molecule has 1 aromatic rings. The van der Waals surface area contributed by atoms with Gasteiger partial charge in [-0.1, -0.05) is 43.2 Å². The molecule has 0 bridgehead atoms. The summed E-state index contributed by atoms with van der Waals surface area (Å²) in [5.74, 6) is -2.94. The molecule has 0 radical (unpaired) electrons. The molecule has 0 N–H and O–H groups in total. The summed E-state index contributed by atoms with van der Waals surface area (Å²) in [5.41, 5.74) is -0.0666. The Morgan fingerprint density at radius 1 is 0.974 bits per heavy atom. The first kappa shape index (κ1) is 28.8. The van der Waals surface area contributed by atoms with Crippen molar-refractivity contribution in [3.05, 3.63) is 35.9 Å². The Bertz CT molecular complexity index is 1080. The minimum absolute atomic E-state index is 0.0567. The highest BCUT2D eigenvalue weighted by Crippen LogP contribution is 2.38. The standard InChI is InChI=1S/C27H34ClN3O8/c1-27(2,3)38-26(36)29-15-18(30(25(28)35)37-16-17-9-5-4-6-10-17)13-14-21(29)24(34)39-31-22(32)19-11-7-8-12-20(19)23(31)33/h4-6,9-10,18-21H,7-8,11-16H2,1-3H3/t18-,19-,20+,21+/m1/s1. The fraction of sp³-hybridized carbons (Fsp3) is 0.593. The molecular formula is C27H34ClN3O8. The van der Waals surface area contributed by atoms with Crippen molar-refractivity contribution >= 4 is 40.8 Å². The summed E-state index contributed by atoms with van der Waals surface area (Å²) in [4.78, 5) is 76.6. The van der Waals surface area contributed by atoms with Crippen LogP contribution in [-0.4, -0.2) is 68.5 Å². The number of nitrogens with zero attached hydrogens (tertiary/aromatic N) is 3. The van der Waals surface area contributed by atoms with Gasteiger partial charge in [0.1, 0.15) is 18.2 Å². The van der Waals surface area contributed by atoms with E-state index < -0.39 is 58.8 Å². The van der Waals surface area contributed by atoms with Crippen molar-refractivity contribution in [2.24, 2.45) is 11.8 Å². The van der Waals surface area contributed by atoms with Crippen LogP contribution in [0.3, 0.4) is 0 Å². The zero-order valence-electron chi connectivity index (χ0n) is 22.3. The van der Waals surface area contributed by atoms with Gasteiger partial charge < -0.3 is 9.57 Å². The van der Waals surface area contributed by atoms with Gasteiger partial charge in [-0.2, -0.15) is 0 Å². The number of fused-ring (bicyclic) bond motifs is 1. The van der Waals surface area contributed by atoms with Gasteiger partial charge in [-0.25, -0.2) is 14.7 Å². The SMILES string of the molecule is CC(C)(C)OC(=O)N1C[C@H](N(OCc2ccccc2)C(=O)Cl)CC[C@H]1C(=O)ON1C(=O)[C@H]2CCCC[C@H]2C1=O. The zero-order valence-corrected chi connectivity index (χ0v) is 23.1. The maximum atomic E-state index is 13.3. The van der Waals surface area contributed by atoms with E-state index in [1.54, 1.807) is 20.8 Å². The van der Waals surface area contributed by atoms with Crippen molar-refractivity contribution in [2.45, 2.75) is 83.6 Å². The zero-order chi connectivity index (χ0) is 28.3. The van der Waals surface area contributed by atoms with Crippen molar-refractivity contribution < 1.29 is 38.4 Å². The predicted octanol–water partition coefficient (Wildman–Crippen LogP) is 4.18. The molecule has 1 saturated carbocycles. The summed E-state index contributed by atoms with van der Waals surface area (Å²) in [7, 11) is 0. The van der Waals surface area contributed by atoms with Crippen molar-refractivity contribution in [2.75, 3.05) is 6.54 Å². The molecular weight excluding hydrogens is 530 g/mol. The van der Waals surface area contributed by atoms with Crippen molar-refractivity contribution in [3.8, 4) is 0 Å². The molecule has 0 aromatic heterocycles. The number of amides is 4. The van der Waals surface area contributed by atoms with Crippen LogP contribution in [0.15, 0.2) is 30.3 Å². The molecule has 0 unspecified atom stereocenters. The van der Waals surface area contributed by atoms with Gasteiger partial charge in [0.15, 0.2) is 0 Å². The third kappa shape index (κ3) is 6.70. The number of carbonyl (C=O) groups excluding carboxylic acids is 5. The average Bonchev–Trinajstić information content (AvgIpc) is 3.13. The van der Waals surface area contributed by atoms with Crippen LogP contribution in [0.4, 0.5) is 9.59 Å². The number of hydrogen-bond acceptors (Lipinski definition) is 8. The molecule has 12 heteroatoms. The predicted molar refractivity (Wildman–Crippen MR) is 137 cm³/mol. The molecule has 3 fully saturated rings. The lowest BCUT2D eigenvalue weighted by Crippen LogP contribution is -2.58. The van der Waals surface area contributed by atoms with Gasteiger partial charge in [-0.05, 0) is 63.6 Å². The molecule has 2 aliphatic heterocycles. The Balaban J connectivity index is 1.49. The Kier molecular flexibility index (Phi) is 8.80. The van der Waals surface area contributed by atoms with Gasteiger partial charge in [0, 0.05) is 6.54 Å². The summed E-state index contributed by atoms with van der Waals surface area (Å²) in [6, 6.07) is 7.33. The summed E-state index contributed by atoms with van der Waals surface area (Å²) in [5, 5.41) is 0.683. The lowest BCUT2D eigenvalue weighted by molar-refractivity contribution is -0.205. The van der Waals surface area contributed by atoms with Gasteiger partial charge in [-0.15, -0.1) is 5.06 Å². The number of rotatable bonds is 6. The number of halogens is 1. The van der Waals surface area contributed by atoms with Crippen LogP contribution in [0.25, 0.3) is 0 Å². The van der Waals surface area contributed by atoms with Crippen molar-refractivity contribution in [3.63, 3.8) is 0 Å². The second-order valence-corrected chi connectivity index (χ2v) is 11.4. The van der Waals surface area contributed by atoms with Crippen LogP contribution >= 0.6 is 11.6 Å². The number of piperidine rings is 1. The second kappa shape index (κ2) is 11.9. The van der Waals surface area contributed by atoms with E-state index in [1.165, 1.54) is 0 Å². The largest absolute Gasteiger partial charge is 0.444 e. The number of hydroxylamine groups is 4. The fourth-order valence-electron chi connectivity index (χ4n) is 5.30. The molecule has 212 valence electrons. The number of carbonyl (C=O) groups is 5. The van der Waals surface area contributed by atoms with Gasteiger partial charge in [-0.3, -0.25) is 24.1 Å². The lowest BCUT2D eigenvalue weighted by Gasteiger charge is -2.41. The maximum absolute atomic E-state index is 13.3. The Morgan fingerprint density at radius 3 is 2.15 bits per heavy atom. The molecule has 4 rings (SSSR count). The monoisotopic (exact) mass is 563 g/mol. The first-order chi connectivity index (χ1) is 18.5. The quantitative estimate of drug-likeness (QED) is 0.219. The van der Waals surface area contributed by atoms with Crippen LogP contribution in [0.5, 0.6) is 0 Å². The molecule has 39 heavy (non-hydrogen) atoms. The molecule has 4 amide bonds. The van der Waals surface area contributed by atoms with Crippen LogP contribution in [0, 0.1) is 11.8 Å². The first-order valence-electron chi connectivity index (χ1n) is 13.2. The van der Waals surface area contributed by atoms with Crippen LogP contribution < -0.4 is 0 Å². The Labute approximate surface area is 232 Å². The fourth-order valence-corrected chi connectivity index (χ4v) is 5.49. The molecule has 1 aromatic carbocycles. The molecule has 0 spiro atoms. The van der Waals surface area contributed by atoms with Gasteiger partial charge >= 0.3 is 17.4 Å². The number of benzene rings is 1. The van der Waals surface area contributed by atoms with Gasteiger partial charge in [0.05, 0.1) is 17.9 Å². The van der Waals surface area contributed by atoms with E-state index in [0.29, 0.717) is 17.9 Å². The van der Waals surface area contributed by atoms with Gasteiger partial charge in [0.25, 0.3) is 11.8 Å². The Morgan fingerprint density at radius 2 is 1.59 bits per heavy atom. The van der Waals surface area contributed by atoms with E-state index in [4.69, 9.17) is 26.0 Å². The number of imide groups is 1. The maximum Gasteiger partial charge on any atom is 0.411 e. The van der Waals surface area contributed by atoms with E-state index in [2.05, 4.69) is 0 Å². The van der Waals surface area contributed by atoms with E-state index in [0.717, 1.165) is 28.4 Å². The minimum atomic E-state index is -1.15. The lowest BCUT2D eigenvalue weighted by atomic mass is 9.81. The minimum Gasteiger partial charge on any atom is -0.444 e. The average molecular weight is 564 g/mol. The summed E-state index contributed by atoms with van der Waals surface area (Å²) in [6.07, 6.45) is 2.29. The molecule has 3 aliphatic rings. The third-order valence-electron chi connectivity index (χ3n) is 7.16. The topological polar surface area (TPSA) is 123 Å². The van der Waals surface area contributed by atoms with Crippen LogP contribution in [0.2, 0.25) is 0 Å². The third-order valence-corrected chi connectivity index (χ3v) is 7.32. The van der Waals surface area contributed by atoms with Crippen LogP contribution in [0.1, 0.15) is 64.9 Å². The number of hydrogen-bond donors (Lipinski definition) is 0. The molecule has 2 heterocycles. The smallest absolute Gasteiger partial charge is 0.411 e. The molecule has 11 nitrogen and oxygen atoms in total. The van der Waals surface area contributed by atoms with E-state index in [9.17, 15) is 24.0 Å². The number of ether oxygens (including phenoxy) is 1. The molecule has 1 aliphatic carbocycles. The second-order valence-electron chi connectivity index (χ2n) is 11.1. The van der Waals surface area contributed by atoms with E-state index in [-0.39, 0.29) is 26.0 Å². The van der Waals surface area contributed by atoms with Crippen LogP contribution in [-0.2, 0) is 35.4 Å². The van der Waals surface area contributed by atoms with E-state index >= 15 is 0 Å². The Hall–Kier alpha value is -3.18. The highest BCUT2D eigenvalue weighted by molar-refractivity contribution is 6.62. The summed E-state index contributed by atoms with van der Waals surface area (Å²) in [6.45, 7) is 4.96. The first-order valence-corrected chi connectivity index (χ1v) is 13.6. The molecule has 4 atom stereocenters. The van der Waals surface area contributed by atoms with Gasteiger partial charge in [0.2, 0.25) is 0 Å². The van der Waals surface area contributed by atoms with Crippen molar-refractivity contribution in [1.82, 2.24) is 15.0 Å². The molecule has 2 saturated heterocycles. The van der Waals surface area contributed by atoms with E-state index in [1.807, 2.05) is 30.3 Å². The highest BCUT2D eigenvalue weighted by atomic mass is 35.5. The normalized spacial score (nSPS) is 25.2. The summed E-state index contributed by atoms with van der Waals surface area (Å²) >= 11 is 5.84.